The van der Waals surface area contributed by atoms with Gasteiger partial charge in [-0.15, -0.1) is 0 Å². The van der Waals surface area contributed by atoms with Crippen LogP contribution in [0.15, 0.2) is 36.5 Å². The molecule has 142 valence electrons. The monoisotopic (exact) mass is 397 g/mol. The lowest BCUT2D eigenvalue weighted by atomic mass is 10.1. The molecule has 0 spiro atoms. The molecule has 1 amide bonds. The van der Waals surface area contributed by atoms with Crippen LogP contribution in [-0.2, 0) is 6.18 Å². The van der Waals surface area contributed by atoms with Gasteiger partial charge in [0.25, 0.3) is 5.91 Å². The zero-order chi connectivity index (χ0) is 19.8. The number of hydrogen-bond donors (Lipinski definition) is 2. The molecule has 0 fully saturated rings. The molecule has 2 heterocycles. The van der Waals surface area contributed by atoms with E-state index in [2.05, 4.69) is 20.6 Å². The fourth-order valence-electron chi connectivity index (χ4n) is 2.47. The third kappa shape index (κ3) is 3.97. The lowest BCUT2D eigenvalue weighted by Gasteiger charge is -2.12. The van der Waals surface area contributed by atoms with Gasteiger partial charge in [-0.25, -0.2) is 4.68 Å². The number of hydrogen-bond acceptors (Lipinski definition) is 3. The Morgan fingerprint density at radius 3 is 2.63 bits per heavy atom. The summed E-state index contributed by atoms with van der Waals surface area (Å²) >= 11 is 5.85. The van der Waals surface area contributed by atoms with Crippen molar-refractivity contribution < 1.29 is 18.0 Å². The predicted octanol–water partition coefficient (Wildman–Crippen LogP) is 4.64. The van der Waals surface area contributed by atoms with E-state index >= 15 is 0 Å². The molecule has 2 N–H and O–H groups in total. The Morgan fingerprint density at radius 1 is 1.30 bits per heavy atom. The lowest BCUT2D eigenvalue weighted by molar-refractivity contribution is -0.143. The lowest BCUT2D eigenvalue weighted by Crippen LogP contribution is -2.20. The number of nitrogens with zero attached hydrogens (tertiary/aromatic N) is 3. The zero-order valence-corrected chi connectivity index (χ0v) is 15.1. The first kappa shape index (κ1) is 19.0. The van der Waals surface area contributed by atoms with Crippen LogP contribution in [0.5, 0.6) is 0 Å². The van der Waals surface area contributed by atoms with Crippen molar-refractivity contribution in [3.8, 4) is 5.69 Å². The van der Waals surface area contributed by atoms with E-state index in [9.17, 15) is 18.0 Å². The number of anilines is 1. The van der Waals surface area contributed by atoms with Crippen LogP contribution in [0.3, 0.4) is 0 Å². The van der Waals surface area contributed by atoms with Crippen LogP contribution in [0.4, 0.5) is 19.0 Å². The van der Waals surface area contributed by atoms with Gasteiger partial charge in [0.05, 0.1) is 17.4 Å². The largest absolute Gasteiger partial charge is 0.434 e. The Balaban J connectivity index is 1.98. The molecule has 0 radical (unpaired) electrons. The second-order valence-electron chi connectivity index (χ2n) is 6.11. The number of carbonyl (C=O) groups excluding carboxylic acids is 1. The average molecular weight is 398 g/mol. The Kier molecular flexibility index (Phi) is 4.97. The molecule has 2 aromatic heterocycles. The summed E-state index contributed by atoms with van der Waals surface area (Å²) in [5.41, 5.74) is -0.967. The molecule has 6 nitrogen and oxygen atoms in total. The van der Waals surface area contributed by atoms with E-state index in [0.29, 0.717) is 4.68 Å². The quantitative estimate of drug-likeness (QED) is 0.673. The van der Waals surface area contributed by atoms with Gasteiger partial charge in [-0.3, -0.25) is 9.89 Å². The van der Waals surface area contributed by atoms with Crippen molar-refractivity contribution in [3.63, 3.8) is 0 Å². The molecule has 0 saturated heterocycles. The van der Waals surface area contributed by atoms with Gasteiger partial charge in [-0.1, -0.05) is 31.5 Å². The van der Waals surface area contributed by atoms with E-state index in [-0.39, 0.29) is 22.4 Å². The second kappa shape index (κ2) is 7.07. The zero-order valence-electron chi connectivity index (χ0n) is 14.3. The minimum Gasteiger partial charge on any atom is -0.305 e. The summed E-state index contributed by atoms with van der Waals surface area (Å²) < 4.78 is 41.6. The van der Waals surface area contributed by atoms with Crippen LogP contribution in [0.2, 0.25) is 5.02 Å². The summed E-state index contributed by atoms with van der Waals surface area (Å²) in [7, 11) is 0. The fourth-order valence-corrected chi connectivity index (χ4v) is 2.66. The summed E-state index contributed by atoms with van der Waals surface area (Å²) in [5, 5.41) is 13.0. The maximum absolute atomic E-state index is 13.6. The number of aromatic amines is 1. The maximum Gasteiger partial charge on any atom is 0.434 e. The van der Waals surface area contributed by atoms with Crippen LogP contribution < -0.4 is 5.32 Å². The highest BCUT2D eigenvalue weighted by atomic mass is 35.5. The molecule has 10 heteroatoms. The summed E-state index contributed by atoms with van der Waals surface area (Å²) in [6.07, 6.45) is -3.94. The van der Waals surface area contributed by atoms with Gasteiger partial charge in [-0.05, 0) is 24.1 Å². The molecular formula is C17H15ClF3N5O. The van der Waals surface area contributed by atoms with Crippen LogP contribution in [0.25, 0.3) is 5.69 Å². The first-order valence-corrected chi connectivity index (χ1v) is 8.32. The number of halogens is 4. The molecule has 0 aliphatic heterocycles. The van der Waals surface area contributed by atoms with E-state index in [4.69, 9.17) is 11.6 Å². The highest BCUT2D eigenvalue weighted by Crippen LogP contribution is 2.34. The summed E-state index contributed by atoms with van der Waals surface area (Å²) in [6, 6.07) is 7.33. The van der Waals surface area contributed by atoms with Crippen molar-refractivity contribution in [1.82, 2.24) is 20.0 Å². The maximum atomic E-state index is 13.6. The first-order valence-electron chi connectivity index (χ1n) is 7.94. The van der Waals surface area contributed by atoms with E-state index in [0.717, 1.165) is 11.9 Å². The topological polar surface area (TPSA) is 75.6 Å². The van der Waals surface area contributed by atoms with Crippen molar-refractivity contribution in [1.29, 1.82) is 0 Å². The molecular weight excluding hydrogens is 383 g/mol. The number of carbonyl (C=O) groups is 1. The van der Waals surface area contributed by atoms with Gasteiger partial charge in [0.1, 0.15) is 0 Å². The number of amides is 1. The molecule has 0 bridgehead atoms. The normalized spacial score (nSPS) is 11.8. The van der Waals surface area contributed by atoms with E-state index in [1.165, 1.54) is 24.3 Å². The van der Waals surface area contributed by atoms with Gasteiger partial charge in [0.2, 0.25) is 0 Å². The Morgan fingerprint density at radius 2 is 2.04 bits per heavy atom. The minimum absolute atomic E-state index is 0.0933. The van der Waals surface area contributed by atoms with Gasteiger partial charge < -0.3 is 5.32 Å². The predicted molar refractivity (Wildman–Crippen MR) is 94.2 cm³/mol. The van der Waals surface area contributed by atoms with Crippen molar-refractivity contribution in [2.24, 2.45) is 0 Å². The SMILES string of the molecule is CC(C)c1cc(NC(=O)c2cnn(-c3cccc(Cl)c3)c2C(F)(F)F)n[nH]1. The fraction of sp³-hybridized carbons (Fsp3) is 0.235. The van der Waals surface area contributed by atoms with Crippen LogP contribution in [-0.4, -0.2) is 25.9 Å². The molecule has 0 saturated carbocycles. The van der Waals surface area contributed by atoms with Crippen LogP contribution in [0.1, 0.15) is 41.5 Å². The number of benzene rings is 1. The Hall–Kier alpha value is -2.81. The van der Waals surface area contributed by atoms with Gasteiger partial charge in [-0.2, -0.15) is 23.4 Å². The molecule has 0 atom stereocenters. The van der Waals surface area contributed by atoms with E-state index < -0.39 is 23.3 Å². The molecule has 0 aliphatic carbocycles. The number of nitrogens with one attached hydrogen (secondary N) is 2. The number of aromatic nitrogens is 4. The first-order chi connectivity index (χ1) is 12.7. The smallest absolute Gasteiger partial charge is 0.305 e. The molecule has 1 aromatic carbocycles. The van der Waals surface area contributed by atoms with Crippen LogP contribution >= 0.6 is 11.6 Å². The van der Waals surface area contributed by atoms with E-state index in [1.807, 2.05) is 13.8 Å². The Labute approximate surface area is 157 Å². The van der Waals surface area contributed by atoms with Gasteiger partial charge in [0, 0.05) is 16.8 Å². The van der Waals surface area contributed by atoms with Crippen molar-refractivity contribution in [3.05, 3.63) is 58.5 Å². The molecule has 0 unspecified atom stereocenters. The summed E-state index contributed by atoms with van der Waals surface area (Å²) in [6.45, 7) is 3.83. The van der Waals surface area contributed by atoms with Crippen molar-refractivity contribution >= 4 is 23.3 Å². The second-order valence-corrected chi connectivity index (χ2v) is 6.55. The number of H-pyrrole nitrogens is 1. The van der Waals surface area contributed by atoms with Gasteiger partial charge in [0.15, 0.2) is 11.5 Å². The number of alkyl halides is 3. The third-order valence-corrected chi connectivity index (χ3v) is 4.03. The molecule has 27 heavy (non-hydrogen) atoms. The van der Waals surface area contributed by atoms with Gasteiger partial charge >= 0.3 is 6.18 Å². The minimum atomic E-state index is -4.81. The summed E-state index contributed by atoms with van der Waals surface area (Å²) in [5.74, 6) is -0.704. The number of rotatable bonds is 4. The van der Waals surface area contributed by atoms with Crippen molar-refractivity contribution in [2.75, 3.05) is 5.32 Å². The molecule has 3 aromatic rings. The highest BCUT2D eigenvalue weighted by molar-refractivity contribution is 6.30. The van der Waals surface area contributed by atoms with Crippen molar-refractivity contribution in [2.45, 2.75) is 25.9 Å². The third-order valence-electron chi connectivity index (χ3n) is 3.80. The highest BCUT2D eigenvalue weighted by Gasteiger charge is 2.40. The Bertz CT molecular complexity index is 977. The van der Waals surface area contributed by atoms with E-state index in [1.54, 1.807) is 6.07 Å². The molecule has 0 aliphatic rings. The standard InChI is InChI=1S/C17H15ClF3N5O/c1-9(2)13-7-14(25-24-13)23-16(27)12-8-22-26(15(12)17(19,20)21)11-5-3-4-10(18)6-11/h3-9H,1-2H3,(H2,23,24,25,27). The molecule has 3 rings (SSSR count). The average Bonchev–Trinajstić information content (AvgIpc) is 3.21. The summed E-state index contributed by atoms with van der Waals surface area (Å²) in [4.78, 5) is 12.4. The van der Waals surface area contributed by atoms with Crippen LogP contribution in [0, 0.1) is 0 Å².